The molecule has 0 aromatic rings. The van der Waals surface area contributed by atoms with Gasteiger partial charge in [-0.2, -0.15) is 0 Å². The number of hydrogen-bond donors (Lipinski definition) is 1. The molecule has 0 amide bonds. The monoisotopic (exact) mass is 283 g/mol. The van der Waals surface area contributed by atoms with Gasteiger partial charge in [0.15, 0.2) is 0 Å². The Morgan fingerprint density at radius 1 is 1.25 bits per heavy atom. The number of nitrogens with zero attached hydrogens (tertiary/aromatic N) is 2. The van der Waals surface area contributed by atoms with Gasteiger partial charge >= 0.3 is 0 Å². The van der Waals surface area contributed by atoms with Crippen molar-refractivity contribution in [2.24, 2.45) is 11.7 Å². The van der Waals surface area contributed by atoms with Gasteiger partial charge < -0.3 is 15.4 Å². The molecule has 0 spiro atoms. The lowest BCUT2D eigenvalue weighted by Crippen LogP contribution is -2.62. The van der Waals surface area contributed by atoms with E-state index < -0.39 is 0 Å². The molecule has 4 nitrogen and oxygen atoms in total. The highest BCUT2D eigenvalue weighted by Crippen LogP contribution is 2.31. The Morgan fingerprint density at radius 2 is 1.95 bits per heavy atom. The van der Waals surface area contributed by atoms with Crippen LogP contribution < -0.4 is 5.73 Å². The van der Waals surface area contributed by atoms with Gasteiger partial charge in [0.1, 0.15) is 0 Å². The van der Waals surface area contributed by atoms with E-state index in [1.165, 1.54) is 51.9 Å². The van der Waals surface area contributed by atoms with Crippen LogP contribution in [0.15, 0.2) is 0 Å². The lowest BCUT2D eigenvalue weighted by molar-refractivity contribution is -0.0411. The van der Waals surface area contributed by atoms with Crippen LogP contribution in [0.25, 0.3) is 0 Å². The summed E-state index contributed by atoms with van der Waals surface area (Å²) < 4.78 is 5.58. The van der Waals surface area contributed by atoms with E-state index in [1.807, 2.05) is 7.11 Å². The summed E-state index contributed by atoms with van der Waals surface area (Å²) in [5.41, 5.74) is 6.43. The summed E-state index contributed by atoms with van der Waals surface area (Å²) in [5.74, 6) is 0.758. The van der Waals surface area contributed by atoms with Crippen LogP contribution in [-0.4, -0.2) is 67.8 Å². The van der Waals surface area contributed by atoms with E-state index in [2.05, 4.69) is 23.6 Å². The summed E-state index contributed by atoms with van der Waals surface area (Å²) in [6, 6.07) is 0. The fourth-order valence-corrected chi connectivity index (χ4v) is 3.88. The van der Waals surface area contributed by atoms with Gasteiger partial charge in [-0.25, -0.2) is 0 Å². The highest BCUT2D eigenvalue weighted by Gasteiger charge is 2.40. The van der Waals surface area contributed by atoms with Crippen LogP contribution in [0.3, 0.4) is 0 Å². The Kier molecular flexibility index (Phi) is 5.84. The van der Waals surface area contributed by atoms with E-state index >= 15 is 0 Å². The summed E-state index contributed by atoms with van der Waals surface area (Å²) in [5, 5.41) is 0. The molecule has 0 aliphatic carbocycles. The van der Waals surface area contributed by atoms with Gasteiger partial charge in [-0.15, -0.1) is 0 Å². The first-order valence-electron chi connectivity index (χ1n) is 8.30. The van der Waals surface area contributed by atoms with Gasteiger partial charge in [0.2, 0.25) is 0 Å². The number of likely N-dealkylation sites (tertiary alicyclic amines) is 2. The van der Waals surface area contributed by atoms with Gasteiger partial charge in [0.05, 0.1) is 6.10 Å². The van der Waals surface area contributed by atoms with Gasteiger partial charge in [0.25, 0.3) is 0 Å². The normalized spacial score (nSPS) is 28.9. The Balaban J connectivity index is 1.94. The molecule has 2 fully saturated rings. The van der Waals surface area contributed by atoms with E-state index in [-0.39, 0.29) is 5.54 Å². The number of rotatable bonds is 5. The smallest absolute Gasteiger partial charge is 0.0698 e. The molecule has 118 valence electrons. The molecule has 4 heteroatoms. The molecule has 2 saturated heterocycles. The molecule has 2 aliphatic rings. The van der Waals surface area contributed by atoms with E-state index in [0.717, 1.165) is 19.0 Å². The second-order valence-electron chi connectivity index (χ2n) is 7.07. The first-order valence-corrected chi connectivity index (χ1v) is 8.30. The van der Waals surface area contributed by atoms with Crippen LogP contribution in [0, 0.1) is 5.92 Å². The molecule has 0 radical (unpaired) electrons. The molecule has 2 N–H and O–H groups in total. The molecule has 0 bridgehead atoms. The number of ether oxygens (including phenoxy) is 1. The van der Waals surface area contributed by atoms with Crippen molar-refractivity contribution in [2.75, 3.05) is 46.4 Å². The van der Waals surface area contributed by atoms with E-state index in [1.54, 1.807) is 0 Å². The van der Waals surface area contributed by atoms with Crippen LogP contribution in [-0.2, 0) is 4.74 Å². The molecule has 2 heterocycles. The van der Waals surface area contributed by atoms with Crippen LogP contribution in [0.5, 0.6) is 0 Å². The van der Waals surface area contributed by atoms with Gasteiger partial charge in [-0.05, 0) is 51.2 Å². The third-order valence-corrected chi connectivity index (χ3v) is 5.17. The van der Waals surface area contributed by atoms with Crippen molar-refractivity contribution in [3.8, 4) is 0 Å². The number of piperidine rings is 2. The summed E-state index contributed by atoms with van der Waals surface area (Å²) in [6.45, 7) is 11.3. The summed E-state index contributed by atoms with van der Waals surface area (Å²) >= 11 is 0. The summed E-state index contributed by atoms with van der Waals surface area (Å²) in [4.78, 5) is 5.24. The predicted octanol–water partition coefficient (Wildman–Crippen LogP) is 1.55. The maximum absolute atomic E-state index is 6.20. The zero-order valence-corrected chi connectivity index (χ0v) is 13.6. The lowest BCUT2D eigenvalue weighted by Gasteiger charge is -2.51. The number of methoxy groups -OCH3 is 1. The van der Waals surface area contributed by atoms with Crippen LogP contribution in [0.1, 0.15) is 39.5 Å². The maximum Gasteiger partial charge on any atom is 0.0698 e. The molecule has 1 unspecified atom stereocenters. The van der Waals surface area contributed by atoms with Crippen LogP contribution >= 0.6 is 0 Å². The minimum absolute atomic E-state index is 0.227. The maximum atomic E-state index is 6.20. The third kappa shape index (κ3) is 3.73. The van der Waals surface area contributed by atoms with E-state index in [4.69, 9.17) is 10.5 Å². The van der Waals surface area contributed by atoms with Crippen molar-refractivity contribution in [3.63, 3.8) is 0 Å². The summed E-state index contributed by atoms with van der Waals surface area (Å²) in [7, 11) is 1.84. The molecule has 0 aromatic carbocycles. The number of hydrogen-bond acceptors (Lipinski definition) is 4. The van der Waals surface area contributed by atoms with E-state index in [0.29, 0.717) is 6.10 Å². The highest BCUT2D eigenvalue weighted by molar-refractivity contribution is 4.98. The Morgan fingerprint density at radius 3 is 2.50 bits per heavy atom. The van der Waals surface area contributed by atoms with E-state index in [9.17, 15) is 0 Å². The highest BCUT2D eigenvalue weighted by atomic mass is 16.5. The van der Waals surface area contributed by atoms with Gasteiger partial charge in [-0.1, -0.05) is 13.8 Å². The minimum Gasteiger partial charge on any atom is -0.380 e. The first kappa shape index (κ1) is 16.2. The second kappa shape index (κ2) is 7.21. The van der Waals surface area contributed by atoms with Crippen molar-refractivity contribution < 1.29 is 4.74 Å². The lowest BCUT2D eigenvalue weighted by atomic mass is 9.83. The molecule has 0 aromatic heterocycles. The van der Waals surface area contributed by atoms with Gasteiger partial charge in [-0.3, -0.25) is 4.90 Å². The second-order valence-corrected chi connectivity index (χ2v) is 7.07. The van der Waals surface area contributed by atoms with Crippen LogP contribution in [0.2, 0.25) is 0 Å². The molecular formula is C16H33N3O. The van der Waals surface area contributed by atoms with Crippen molar-refractivity contribution in [2.45, 2.75) is 51.2 Å². The SMILES string of the molecule is COC1CCCN(C2(CN)CCN(CC(C)C)CC2)C1. The largest absolute Gasteiger partial charge is 0.380 e. The number of nitrogens with two attached hydrogens (primary N) is 1. The van der Waals surface area contributed by atoms with Crippen molar-refractivity contribution in [3.05, 3.63) is 0 Å². The summed E-state index contributed by atoms with van der Waals surface area (Å²) in [6.07, 6.45) is 5.28. The van der Waals surface area contributed by atoms with Crippen molar-refractivity contribution in [1.29, 1.82) is 0 Å². The van der Waals surface area contributed by atoms with Crippen molar-refractivity contribution >= 4 is 0 Å². The quantitative estimate of drug-likeness (QED) is 0.831. The average Bonchev–Trinajstić information content (AvgIpc) is 2.48. The molecular weight excluding hydrogens is 250 g/mol. The molecule has 2 rings (SSSR count). The average molecular weight is 283 g/mol. The Bertz CT molecular complexity index is 287. The molecule has 20 heavy (non-hydrogen) atoms. The zero-order chi connectivity index (χ0) is 14.6. The minimum atomic E-state index is 0.227. The fourth-order valence-electron chi connectivity index (χ4n) is 3.88. The fraction of sp³-hybridized carbons (Fsp3) is 1.00. The topological polar surface area (TPSA) is 41.7 Å². The molecule has 0 saturated carbocycles. The standard InChI is InChI=1S/C16H33N3O/c1-14(2)11-18-9-6-16(13-17,7-10-18)19-8-4-5-15(12-19)20-3/h14-15H,4-13,17H2,1-3H3. The zero-order valence-electron chi connectivity index (χ0n) is 13.6. The van der Waals surface area contributed by atoms with Gasteiger partial charge in [0, 0.05) is 32.3 Å². The first-order chi connectivity index (χ1) is 9.59. The van der Waals surface area contributed by atoms with Crippen molar-refractivity contribution in [1.82, 2.24) is 9.80 Å². The Hall–Kier alpha value is -0.160. The predicted molar refractivity (Wildman–Crippen MR) is 83.9 cm³/mol. The molecule has 1 atom stereocenters. The van der Waals surface area contributed by atoms with Crippen LogP contribution in [0.4, 0.5) is 0 Å². The third-order valence-electron chi connectivity index (χ3n) is 5.17. The Labute approximate surface area is 124 Å². The molecule has 2 aliphatic heterocycles.